The first-order chi connectivity index (χ1) is 7.88. The van der Waals surface area contributed by atoms with Gasteiger partial charge in [0, 0.05) is 13.6 Å². The minimum Gasteiger partial charge on any atom is -0.345 e. The number of nitrogens with zero attached hydrogens (tertiary/aromatic N) is 2. The third kappa shape index (κ3) is 3.27. The van der Waals surface area contributed by atoms with Gasteiger partial charge in [0.1, 0.15) is 0 Å². The van der Waals surface area contributed by atoms with Gasteiger partial charge in [0.25, 0.3) is 10.0 Å². The van der Waals surface area contributed by atoms with Crippen molar-refractivity contribution in [1.29, 1.82) is 0 Å². The van der Waals surface area contributed by atoms with Gasteiger partial charge in [-0.3, -0.25) is 9.89 Å². The van der Waals surface area contributed by atoms with Gasteiger partial charge in [-0.1, -0.05) is 0 Å². The van der Waals surface area contributed by atoms with Gasteiger partial charge in [-0.2, -0.15) is 9.82 Å². The SMILES string of the molecule is CCN(C)C(=O)C(C)NS(=O)(=O)c1ccn[nH]1. The third-order valence-electron chi connectivity index (χ3n) is 2.32. The number of aromatic nitrogens is 2. The predicted molar refractivity (Wildman–Crippen MR) is 61.7 cm³/mol. The lowest BCUT2D eigenvalue weighted by Gasteiger charge is -2.20. The van der Waals surface area contributed by atoms with Crippen molar-refractivity contribution in [2.75, 3.05) is 13.6 Å². The molecule has 1 amide bonds. The number of hydrogen-bond acceptors (Lipinski definition) is 4. The summed E-state index contributed by atoms with van der Waals surface area (Å²) in [6.07, 6.45) is 1.33. The molecule has 0 saturated carbocycles. The number of amides is 1. The highest BCUT2D eigenvalue weighted by atomic mass is 32.2. The van der Waals surface area contributed by atoms with Crippen LogP contribution in [0.2, 0.25) is 0 Å². The van der Waals surface area contributed by atoms with Crippen molar-refractivity contribution in [3.8, 4) is 0 Å². The van der Waals surface area contributed by atoms with Crippen LogP contribution in [0.5, 0.6) is 0 Å². The van der Waals surface area contributed by atoms with E-state index in [1.165, 1.54) is 24.1 Å². The molecule has 0 aromatic carbocycles. The number of likely N-dealkylation sites (N-methyl/N-ethyl adjacent to an activating group) is 1. The zero-order chi connectivity index (χ0) is 13.1. The predicted octanol–water partition coefficient (Wildman–Crippen LogP) is -0.445. The van der Waals surface area contributed by atoms with Crippen LogP contribution in [0.1, 0.15) is 13.8 Å². The third-order valence-corrected chi connectivity index (χ3v) is 3.79. The van der Waals surface area contributed by atoms with E-state index < -0.39 is 16.1 Å². The first-order valence-corrected chi connectivity index (χ1v) is 6.63. The average Bonchev–Trinajstić information content (AvgIpc) is 2.80. The number of nitrogens with one attached hydrogen (secondary N) is 2. The fourth-order valence-corrected chi connectivity index (χ4v) is 2.33. The normalized spacial score (nSPS) is 13.4. The van der Waals surface area contributed by atoms with E-state index in [9.17, 15) is 13.2 Å². The largest absolute Gasteiger partial charge is 0.345 e. The standard InChI is InChI=1S/C9H16N4O3S/c1-4-13(3)9(14)7(2)12-17(15,16)8-5-6-10-11-8/h5-7,12H,4H2,1-3H3,(H,10,11). The van der Waals surface area contributed by atoms with Gasteiger partial charge in [0.2, 0.25) is 5.91 Å². The molecule has 1 aromatic heterocycles. The van der Waals surface area contributed by atoms with Crippen molar-refractivity contribution in [3.05, 3.63) is 12.3 Å². The molecule has 1 rings (SSSR count). The molecule has 17 heavy (non-hydrogen) atoms. The molecule has 0 radical (unpaired) electrons. The minimum atomic E-state index is -3.72. The van der Waals surface area contributed by atoms with Gasteiger partial charge in [0.15, 0.2) is 5.03 Å². The number of carbonyl (C=O) groups is 1. The Morgan fingerprint density at radius 3 is 2.76 bits per heavy atom. The Morgan fingerprint density at radius 2 is 2.29 bits per heavy atom. The monoisotopic (exact) mass is 260 g/mol. The molecule has 0 aliphatic heterocycles. The molecule has 8 heteroatoms. The second-order valence-electron chi connectivity index (χ2n) is 3.62. The molecule has 1 unspecified atom stereocenters. The van der Waals surface area contributed by atoms with Crippen molar-refractivity contribution < 1.29 is 13.2 Å². The first-order valence-electron chi connectivity index (χ1n) is 5.15. The van der Waals surface area contributed by atoms with Crippen LogP contribution in [0.25, 0.3) is 0 Å². The molecule has 96 valence electrons. The Hall–Kier alpha value is -1.41. The maximum absolute atomic E-state index is 11.8. The van der Waals surface area contributed by atoms with Gasteiger partial charge in [-0.15, -0.1) is 0 Å². The summed E-state index contributed by atoms with van der Waals surface area (Å²) in [6, 6.07) is 0.511. The Kier molecular flexibility index (Phi) is 4.24. The molecule has 1 atom stereocenters. The lowest BCUT2D eigenvalue weighted by molar-refractivity contribution is -0.131. The number of rotatable bonds is 5. The Morgan fingerprint density at radius 1 is 1.65 bits per heavy atom. The van der Waals surface area contributed by atoms with E-state index in [-0.39, 0.29) is 10.9 Å². The number of hydrogen-bond donors (Lipinski definition) is 2. The highest BCUT2D eigenvalue weighted by Crippen LogP contribution is 2.04. The van der Waals surface area contributed by atoms with Gasteiger partial charge in [-0.05, 0) is 19.9 Å². The second kappa shape index (κ2) is 5.28. The molecule has 0 saturated heterocycles. The molecule has 0 fully saturated rings. The van der Waals surface area contributed by atoms with Crippen molar-refractivity contribution in [3.63, 3.8) is 0 Å². The van der Waals surface area contributed by atoms with E-state index in [4.69, 9.17) is 0 Å². The topological polar surface area (TPSA) is 95.2 Å². The van der Waals surface area contributed by atoms with Crippen LogP contribution in [0.3, 0.4) is 0 Å². The van der Waals surface area contributed by atoms with E-state index in [0.29, 0.717) is 6.54 Å². The molecular formula is C9H16N4O3S. The summed E-state index contributed by atoms with van der Waals surface area (Å²) in [5, 5.41) is 5.83. The fraction of sp³-hybridized carbons (Fsp3) is 0.556. The number of carbonyl (C=O) groups excluding carboxylic acids is 1. The molecule has 1 aromatic rings. The lowest BCUT2D eigenvalue weighted by atomic mass is 10.3. The highest BCUT2D eigenvalue weighted by Gasteiger charge is 2.24. The first kappa shape index (κ1) is 13.7. The van der Waals surface area contributed by atoms with E-state index in [1.807, 2.05) is 6.92 Å². The fourth-order valence-electron chi connectivity index (χ4n) is 1.23. The molecule has 1 heterocycles. The van der Waals surface area contributed by atoms with Crippen LogP contribution >= 0.6 is 0 Å². The average molecular weight is 260 g/mol. The second-order valence-corrected chi connectivity index (χ2v) is 5.30. The Labute approximate surface area is 100 Å². The van der Waals surface area contributed by atoms with Gasteiger partial charge in [-0.25, -0.2) is 8.42 Å². The smallest absolute Gasteiger partial charge is 0.258 e. The molecule has 2 N–H and O–H groups in total. The molecule has 0 bridgehead atoms. The number of H-pyrrole nitrogens is 1. The highest BCUT2D eigenvalue weighted by molar-refractivity contribution is 7.89. The Balaban J connectivity index is 2.76. The van der Waals surface area contributed by atoms with Crippen LogP contribution in [-0.2, 0) is 14.8 Å². The molecule has 7 nitrogen and oxygen atoms in total. The summed E-state index contributed by atoms with van der Waals surface area (Å²) < 4.78 is 25.8. The maximum atomic E-state index is 11.8. The Bertz CT molecular complexity index is 468. The van der Waals surface area contributed by atoms with Crippen molar-refractivity contribution in [1.82, 2.24) is 19.8 Å². The van der Waals surface area contributed by atoms with E-state index >= 15 is 0 Å². The van der Waals surface area contributed by atoms with Gasteiger partial charge in [0.05, 0.1) is 12.2 Å². The van der Waals surface area contributed by atoms with Crippen LogP contribution in [0.15, 0.2) is 17.3 Å². The summed E-state index contributed by atoms with van der Waals surface area (Å²) in [5.41, 5.74) is 0. The van der Waals surface area contributed by atoms with Crippen molar-refractivity contribution in [2.24, 2.45) is 0 Å². The van der Waals surface area contributed by atoms with E-state index in [0.717, 1.165) is 0 Å². The maximum Gasteiger partial charge on any atom is 0.258 e. The number of aromatic amines is 1. The van der Waals surface area contributed by atoms with Gasteiger partial charge >= 0.3 is 0 Å². The summed E-state index contributed by atoms with van der Waals surface area (Å²) in [7, 11) is -2.10. The summed E-state index contributed by atoms with van der Waals surface area (Å²) in [6.45, 7) is 3.84. The summed E-state index contributed by atoms with van der Waals surface area (Å²) >= 11 is 0. The molecular weight excluding hydrogens is 244 g/mol. The van der Waals surface area contributed by atoms with Crippen LogP contribution in [0, 0.1) is 0 Å². The van der Waals surface area contributed by atoms with E-state index in [1.54, 1.807) is 7.05 Å². The van der Waals surface area contributed by atoms with Crippen molar-refractivity contribution >= 4 is 15.9 Å². The van der Waals surface area contributed by atoms with Crippen LogP contribution in [0.4, 0.5) is 0 Å². The molecule has 0 aliphatic carbocycles. The summed E-state index contributed by atoms with van der Waals surface area (Å²) in [5.74, 6) is -0.282. The zero-order valence-electron chi connectivity index (χ0n) is 9.97. The van der Waals surface area contributed by atoms with Gasteiger partial charge < -0.3 is 4.90 Å². The van der Waals surface area contributed by atoms with Crippen LogP contribution in [-0.4, -0.2) is 49.1 Å². The van der Waals surface area contributed by atoms with Crippen LogP contribution < -0.4 is 4.72 Å². The minimum absolute atomic E-state index is 0.0590. The van der Waals surface area contributed by atoms with Crippen molar-refractivity contribution in [2.45, 2.75) is 24.9 Å². The summed E-state index contributed by atoms with van der Waals surface area (Å²) in [4.78, 5) is 13.1. The van der Waals surface area contributed by atoms with E-state index in [2.05, 4.69) is 14.9 Å². The molecule has 0 spiro atoms. The molecule has 0 aliphatic rings. The lowest BCUT2D eigenvalue weighted by Crippen LogP contribution is -2.45. The zero-order valence-corrected chi connectivity index (χ0v) is 10.8. The quantitative estimate of drug-likeness (QED) is 0.750. The number of sulfonamides is 1.